The predicted octanol–water partition coefficient (Wildman–Crippen LogP) is 2.91. The Kier molecular flexibility index (Phi) is 3.22. The van der Waals surface area contributed by atoms with Crippen molar-refractivity contribution in [1.29, 1.82) is 0 Å². The molecule has 0 aliphatic carbocycles. The van der Waals surface area contributed by atoms with Crippen LogP contribution in [0.5, 0.6) is 0 Å². The van der Waals surface area contributed by atoms with Crippen LogP contribution in [0.4, 0.5) is 0 Å². The fourth-order valence-electron chi connectivity index (χ4n) is 1.94. The summed E-state index contributed by atoms with van der Waals surface area (Å²) in [6.07, 6.45) is 2.92. The number of aryl methyl sites for hydroxylation is 1. The summed E-state index contributed by atoms with van der Waals surface area (Å²) in [5.41, 5.74) is 2.43. The number of thioether (sulfide) groups is 1. The number of nitrogens with one attached hydrogen (secondary N) is 1. The van der Waals surface area contributed by atoms with Crippen molar-refractivity contribution in [2.75, 3.05) is 12.8 Å². The van der Waals surface area contributed by atoms with Gasteiger partial charge in [0.2, 0.25) is 5.89 Å². The maximum Gasteiger partial charge on any atom is 0.236 e. The zero-order chi connectivity index (χ0) is 11.7. The third-order valence-corrected chi connectivity index (χ3v) is 4.98. The standard InChI is InChI=1S/C12H14N2OS2/c1-13-5-9-6-15-12(14-9)11-4-8-7-16-3-2-10(8)17-11/h4,6,13H,2-3,5,7H2,1H3. The van der Waals surface area contributed by atoms with Crippen LogP contribution < -0.4 is 5.32 Å². The molecule has 0 saturated carbocycles. The summed E-state index contributed by atoms with van der Waals surface area (Å²) >= 11 is 3.83. The van der Waals surface area contributed by atoms with E-state index in [1.807, 2.05) is 30.1 Å². The molecule has 5 heteroatoms. The van der Waals surface area contributed by atoms with Crippen LogP contribution in [-0.4, -0.2) is 17.8 Å². The second-order valence-corrected chi connectivity index (χ2v) is 6.28. The third-order valence-electron chi connectivity index (χ3n) is 2.75. The molecule has 0 amide bonds. The molecule has 0 radical (unpaired) electrons. The van der Waals surface area contributed by atoms with E-state index >= 15 is 0 Å². The molecule has 1 N–H and O–H groups in total. The molecule has 2 aromatic rings. The lowest BCUT2D eigenvalue weighted by Crippen LogP contribution is -2.04. The van der Waals surface area contributed by atoms with Crippen molar-refractivity contribution in [3.63, 3.8) is 0 Å². The lowest BCUT2D eigenvalue weighted by Gasteiger charge is -2.08. The van der Waals surface area contributed by atoms with E-state index in [2.05, 4.69) is 16.4 Å². The smallest absolute Gasteiger partial charge is 0.236 e. The van der Waals surface area contributed by atoms with E-state index in [-0.39, 0.29) is 0 Å². The second kappa shape index (κ2) is 4.84. The number of hydrogen-bond acceptors (Lipinski definition) is 5. The Bertz CT molecular complexity index is 495. The topological polar surface area (TPSA) is 38.1 Å². The zero-order valence-electron chi connectivity index (χ0n) is 9.66. The van der Waals surface area contributed by atoms with Gasteiger partial charge in [-0.2, -0.15) is 11.8 Å². The van der Waals surface area contributed by atoms with Gasteiger partial charge in [-0.3, -0.25) is 0 Å². The minimum absolute atomic E-state index is 0.754. The van der Waals surface area contributed by atoms with Crippen molar-refractivity contribution in [2.45, 2.75) is 18.7 Å². The quantitative estimate of drug-likeness (QED) is 0.927. The first-order valence-electron chi connectivity index (χ1n) is 5.65. The third kappa shape index (κ3) is 2.27. The van der Waals surface area contributed by atoms with Crippen molar-refractivity contribution >= 4 is 23.1 Å². The van der Waals surface area contributed by atoms with Gasteiger partial charge in [-0.05, 0) is 30.9 Å². The molecule has 0 bridgehead atoms. The SMILES string of the molecule is CNCc1coc(-c2cc3c(s2)CCSC3)n1. The molecule has 0 fully saturated rings. The van der Waals surface area contributed by atoms with E-state index < -0.39 is 0 Å². The lowest BCUT2D eigenvalue weighted by atomic mass is 10.2. The average molecular weight is 266 g/mol. The van der Waals surface area contributed by atoms with Gasteiger partial charge in [0.25, 0.3) is 0 Å². The molecule has 2 aromatic heterocycles. The Morgan fingerprint density at radius 3 is 3.29 bits per heavy atom. The van der Waals surface area contributed by atoms with Crippen LogP contribution in [0, 0.1) is 0 Å². The summed E-state index contributed by atoms with van der Waals surface area (Å²) in [4.78, 5) is 7.16. The van der Waals surface area contributed by atoms with Crippen molar-refractivity contribution in [3.8, 4) is 10.8 Å². The van der Waals surface area contributed by atoms with Crippen LogP contribution in [0.15, 0.2) is 16.7 Å². The summed E-state index contributed by atoms with van der Waals surface area (Å²) in [5, 5.41) is 3.08. The molecule has 3 rings (SSSR count). The molecule has 3 heterocycles. The van der Waals surface area contributed by atoms with E-state index in [0.717, 1.165) is 23.9 Å². The van der Waals surface area contributed by atoms with Crippen LogP contribution in [0.25, 0.3) is 10.8 Å². The fourth-order valence-corrected chi connectivity index (χ4v) is 4.24. The first-order valence-corrected chi connectivity index (χ1v) is 7.62. The van der Waals surface area contributed by atoms with Gasteiger partial charge in [-0.1, -0.05) is 0 Å². The zero-order valence-corrected chi connectivity index (χ0v) is 11.3. The number of oxazole rings is 1. The largest absolute Gasteiger partial charge is 0.444 e. The number of hydrogen-bond donors (Lipinski definition) is 1. The van der Waals surface area contributed by atoms with Crippen molar-refractivity contribution < 1.29 is 4.42 Å². The van der Waals surface area contributed by atoms with Gasteiger partial charge in [-0.25, -0.2) is 4.98 Å². The van der Waals surface area contributed by atoms with Crippen molar-refractivity contribution in [1.82, 2.24) is 10.3 Å². The normalized spacial score (nSPS) is 14.9. The molecular formula is C12H14N2OS2. The van der Waals surface area contributed by atoms with Gasteiger partial charge in [-0.15, -0.1) is 11.3 Å². The van der Waals surface area contributed by atoms with Gasteiger partial charge < -0.3 is 9.73 Å². The monoisotopic (exact) mass is 266 g/mol. The molecule has 1 aliphatic rings. The van der Waals surface area contributed by atoms with Gasteiger partial charge in [0.15, 0.2) is 0 Å². The van der Waals surface area contributed by atoms with Crippen molar-refractivity contribution in [3.05, 3.63) is 28.5 Å². The highest BCUT2D eigenvalue weighted by Crippen LogP contribution is 2.36. The maximum absolute atomic E-state index is 5.53. The van der Waals surface area contributed by atoms with Gasteiger partial charge in [0.05, 0.1) is 10.6 Å². The lowest BCUT2D eigenvalue weighted by molar-refractivity contribution is 0.573. The molecule has 90 valence electrons. The number of aromatic nitrogens is 1. The Balaban J connectivity index is 1.89. The fraction of sp³-hybridized carbons (Fsp3) is 0.417. The molecular weight excluding hydrogens is 252 g/mol. The molecule has 0 unspecified atom stereocenters. The van der Waals surface area contributed by atoms with E-state index in [0.29, 0.717) is 0 Å². The number of fused-ring (bicyclic) bond motifs is 1. The summed E-state index contributed by atoms with van der Waals surface area (Å²) in [5.74, 6) is 3.14. The molecule has 1 aliphatic heterocycles. The van der Waals surface area contributed by atoms with Crippen LogP contribution in [0.3, 0.4) is 0 Å². The van der Waals surface area contributed by atoms with Crippen LogP contribution >= 0.6 is 23.1 Å². The highest BCUT2D eigenvalue weighted by molar-refractivity contribution is 7.98. The van der Waals surface area contributed by atoms with Crippen LogP contribution in [0.2, 0.25) is 0 Å². The second-order valence-electron chi connectivity index (χ2n) is 4.04. The van der Waals surface area contributed by atoms with Crippen molar-refractivity contribution in [2.24, 2.45) is 0 Å². The average Bonchev–Trinajstić information content (AvgIpc) is 2.94. The van der Waals surface area contributed by atoms with Crippen LogP contribution in [0.1, 0.15) is 16.1 Å². The number of nitrogens with zero attached hydrogens (tertiary/aromatic N) is 1. The molecule has 0 aromatic carbocycles. The predicted molar refractivity (Wildman–Crippen MR) is 72.4 cm³/mol. The summed E-state index contributed by atoms with van der Waals surface area (Å²) < 4.78 is 5.53. The molecule has 0 saturated heterocycles. The molecule has 0 spiro atoms. The van der Waals surface area contributed by atoms with E-state index in [4.69, 9.17) is 4.42 Å². The summed E-state index contributed by atoms with van der Waals surface area (Å²) in [7, 11) is 1.91. The minimum atomic E-state index is 0.754. The first kappa shape index (κ1) is 11.3. The highest BCUT2D eigenvalue weighted by atomic mass is 32.2. The Morgan fingerprint density at radius 2 is 2.47 bits per heavy atom. The van der Waals surface area contributed by atoms with E-state index in [9.17, 15) is 0 Å². The summed E-state index contributed by atoms with van der Waals surface area (Å²) in [6.45, 7) is 0.754. The van der Waals surface area contributed by atoms with E-state index in [1.54, 1.807) is 6.26 Å². The van der Waals surface area contributed by atoms with Gasteiger partial charge in [0, 0.05) is 17.2 Å². The molecule has 0 atom stereocenters. The van der Waals surface area contributed by atoms with Gasteiger partial charge >= 0.3 is 0 Å². The van der Waals surface area contributed by atoms with Crippen LogP contribution in [-0.2, 0) is 18.7 Å². The highest BCUT2D eigenvalue weighted by Gasteiger charge is 2.17. The Labute approximate surface area is 109 Å². The number of thiophene rings is 1. The minimum Gasteiger partial charge on any atom is -0.444 e. The maximum atomic E-state index is 5.53. The number of rotatable bonds is 3. The Morgan fingerprint density at radius 1 is 1.53 bits per heavy atom. The van der Waals surface area contributed by atoms with Gasteiger partial charge in [0.1, 0.15) is 6.26 Å². The molecule has 17 heavy (non-hydrogen) atoms. The Hall–Kier alpha value is -0.780. The first-order chi connectivity index (χ1) is 8.36. The summed E-state index contributed by atoms with van der Waals surface area (Å²) in [6, 6.07) is 2.24. The molecule has 3 nitrogen and oxygen atoms in total. The van der Waals surface area contributed by atoms with E-state index in [1.165, 1.54) is 27.5 Å².